The van der Waals surface area contributed by atoms with Gasteiger partial charge in [-0.3, -0.25) is 4.90 Å². The second kappa shape index (κ2) is 7.22. The highest BCUT2D eigenvalue weighted by molar-refractivity contribution is 7.96. The third kappa shape index (κ3) is 3.57. The van der Waals surface area contributed by atoms with Crippen LogP contribution in [0.25, 0.3) is 10.8 Å². The van der Waals surface area contributed by atoms with Crippen LogP contribution >= 0.6 is 0 Å². The number of nitrogens with one attached hydrogen (secondary N) is 2. The van der Waals surface area contributed by atoms with E-state index in [0.29, 0.717) is 17.1 Å². The molecule has 0 radical (unpaired) electrons. The predicted octanol–water partition coefficient (Wildman–Crippen LogP) is 3.79. The van der Waals surface area contributed by atoms with Crippen molar-refractivity contribution in [1.29, 1.82) is 0 Å². The van der Waals surface area contributed by atoms with E-state index in [-0.39, 0.29) is 5.54 Å². The Bertz CT molecular complexity index is 1090. The van der Waals surface area contributed by atoms with Gasteiger partial charge in [-0.1, -0.05) is 58.8 Å². The molecule has 3 aromatic carbocycles. The lowest BCUT2D eigenvalue weighted by molar-refractivity contribution is 0.168. The summed E-state index contributed by atoms with van der Waals surface area (Å²) in [7, 11) is -3.47. The van der Waals surface area contributed by atoms with E-state index in [1.165, 1.54) is 16.3 Å². The molecule has 0 aromatic heterocycles. The van der Waals surface area contributed by atoms with Gasteiger partial charge >= 0.3 is 0 Å². The Kier molecular flexibility index (Phi) is 4.67. The lowest BCUT2D eigenvalue weighted by atomic mass is 9.87. The van der Waals surface area contributed by atoms with Crippen LogP contribution in [-0.4, -0.2) is 34.6 Å². The number of likely N-dealkylation sites (tertiary alicyclic amines) is 1. The lowest BCUT2D eigenvalue weighted by Crippen LogP contribution is -2.54. The van der Waals surface area contributed by atoms with Crippen LogP contribution in [0.2, 0.25) is 0 Å². The quantitative estimate of drug-likeness (QED) is 0.634. The fourth-order valence-corrected chi connectivity index (χ4v) is 5.85. The van der Waals surface area contributed by atoms with Gasteiger partial charge in [0, 0.05) is 19.6 Å². The first kappa shape index (κ1) is 18.8. The van der Waals surface area contributed by atoms with Crippen molar-refractivity contribution in [2.24, 2.45) is 0 Å². The highest BCUT2D eigenvalue weighted by atomic mass is 32.3. The van der Waals surface area contributed by atoms with Crippen LogP contribution in [0, 0.1) is 0 Å². The van der Waals surface area contributed by atoms with Crippen LogP contribution in [0.5, 0.6) is 0 Å². The predicted molar refractivity (Wildman–Crippen MR) is 116 cm³/mol. The minimum atomic E-state index is -3.47. The second-order valence-corrected chi connectivity index (χ2v) is 9.88. The van der Waals surface area contributed by atoms with Gasteiger partial charge in [0.15, 0.2) is 15.3 Å². The smallest absolute Gasteiger partial charge is 0.198 e. The Balaban J connectivity index is 1.33. The summed E-state index contributed by atoms with van der Waals surface area (Å²) >= 11 is 0. The average molecular weight is 408 g/mol. The molecular formula is C23H25N3O2S. The van der Waals surface area contributed by atoms with Gasteiger partial charge in [-0.2, -0.15) is 0 Å². The van der Waals surface area contributed by atoms with Gasteiger partial charge in [0.05, 0.1) is 17.8 Å². The van der Waals surface area contributed by atoms with E-state index in [2.05, 4.69) is 57.4 Å². The molecule has 2 heterocycles. The molecular weight excluding hydrogens is 382 g/mol. The maximum Gasteiger partial charge on any atom is 0.198 e. The molecule has 5 rings (SSSR count). The number of rotatable bonds is 2. The number of anilines is 1. The Hall–Kier alpha value is -2.25. The van der Waals surface area contributed by atoms with Crippen molar-refractivity contribution in [3.05, 3.63) is 72.3 Å². The summed E-state index contributed by atoms with van der Waals surface area (Å²) in [5.41, 5.74) is 1.81. The maximum absolute atomic E-state index is 12.6. The zero-order chi connectivity index (χ0) is 19.9. The second-order valence-electron chi connectivity index (χ2n) is 8.14. The third-order valence-corrected chi connectivity index (χ3v) is 7.72. The Morgan fingerprint density at radius 2 is 1.69 bits per heavy atom. The first-order valence-electron chi connectivity index (χ1n) is 10.1. The lowest BCUT2D eigenvalue weighted by Gasteiger charge is -2.41. The topological polar surface area (TPSA) is 67.4 Å². The summed E-state index contributed by atoms with van der Waals surface area (Å²) in [6, 6.07) is 22.2. The third-order valence-electron chi connectivity index (χ3n) is 6.26. The van der Waals surface area contributed by atoms with Gasteiger partial charge in [-0.05, 0) is 41.3 Å². The van der Waals surface area contributed by atoms with Gasteiger partial charge in [0.1, 0.15) is 0 Å². The largest absolute Gasteiger partial charge is 0.593 e. The van der Waals surface area contributed by atoms with Crippen molar-refractivity contribution < 1.29 is 8.76 Å². The molecule has 3 aromatic rings. The molecule has 1 unspecified atom stereocenters. The molecule has 1 atom stereocenters. The maximum atomic E-state index is 12.6. The number of sulfonamides is 1. The molecule has 2 aliphatic heterocycles. The molecule has 0 aliphatic carbocycles. The summed E-state index contributed by atoms with van der Waals surface area (Å²) in [5.74, 6) is 0. The Morgan fingerprint density at radius 3 is 2.55 bits per heavy atom. The van der Waals surface area contributed by atoms with E-state index < -0.39 is 10.4 Å². The van der Waals surface area contributed by atoms with Gasteiger partial charge in [0.25, 0.3) is 0 Å². The average Bonchev–Trinajstić information content (AvgIpc) is 2.85. The van der Waals surface area contributed by atoms with E-state index in [4.69, 9.17) is 0 Å². The van der Waals surface area contributed by atoms with Crippen molar-refractivity contribution >= 4 is 26.9 Å². The number of piperidine rings is 1. The SMILES string of the molecule is O=[S+]1([O-])NCC2(CCN(Cc3cccc4ccccc34)CC2)Nc2ccccc21. The van der Waals surface area contributed by atoms with E-state index in [1.54, 1.807) is 12.1 Å². The van der Waals surface area contributed by atoms with E-state index >= 15 is 0 Å². The fourth-order valence-electron chi connectivity index (χ4n) is 4.56. The summed E-state index contributed by atoms with van der Waals surface area (Å²) in [6.07, 6.45) is 1.79. The van der Waals surface area contributed by atoms with Gasteiger partial charge < -0.3 is 9.87 Å². The molecule has 6 heteroatoms. The van der Waals surface area contributed by atoms with Crippen LogP contribution in [0.1, 0.15) is 18.4 Å². The molecule has 1 saturated heterocycles. The van der Waals surface area contributed by atoms with E-state index in [1.807, 2.05) is 12.1 Å². The highest BCUT2D eigenvalue weighted by Crippen LogP contribution is 2.35. The molecule has 0 amide bonds. The van der Waals surface area contributed by atoms with Crippen LogP contribution in [0.15, 0.2) is 71.6 Å². The minimum absolute atomic E-state index is 0.241. The van der Waals surface area contributed by atoms with Gasteiger partial charge in [-0.15, -0.1) is 4.72 Å². The van der Waals surface area contributed by atoms with Gasteiger partial charge in [-0.25, -0.2) is 0 Å². The number of hydrogen-bond donors (Lipinski definition) is 2. The number of fused-ring (bicyclic) bond motifs is 2. The normalized spacial score (nSPS) is 24.0. The molecule has 2 N–H and O–H groups in total. The number of hydrogen-bond acceptors (Lipinski definition) is 4. The van der Waals surface area contributed by atoms with Crippen LogP contribution in [0.4, 0.5) is 5.69 Å². The molecule has 1 fully saturated rings. The Labute approximate surface area is 172 Å². The number of para-hydroxylation sites is 1. The zero-order valence-corrected chi connectivity index (χ0v) is 17.1. The monoisotopic (exact) mass is 407 g/mol. The molecule has 150 valence electrons. The summed E-state index contributed by atoms with van der Waals surface area (Å²) < 4.78 is 28.0. The van der Waals surface area contributed by atoms with Crippen molar-refractivity contribution in [3.8, 4) is 0 Å². The van der Waals surface area contributed by atoms with E-state index in [0.717, 1.165) is 32.5 Å². The first-order chi connectivity index (χ1) is 14.0. The fraction of sp³-hybridized carbons (Fsp3) is 0.304. The van der Waals surface area contributed by atoms with Crippen LogP contribution in [-0.2, 0) is 21.2 Å². The molecule has 1 spiro atoms. The molecule has 0 bridgehead atoms. The minimum Gasteiger partial charge on any atom is -0.593 e. The van der Waals surface area contributed by atoms with Crippen molar-refractivity contribution in [2.75, 3.05) is 25.0 Å². The molecule has 5 nitrogen and oxygen atoms in total. The number of nitrogens with zero attached hydrogens (tertiary/aromatic N) is 1. The summed E-state index contributed by atoms with van der Waals surface area (Å²) in [4.78, 5) is 2.81. The Morgan fingerprint density at radius 1 is 0.966 bits per heavy atom. The standard InChI is InChI=1S/C23H25N3O2S/c27-29(28)22-11-4-3-10-21(22)25-23(17-24-29)12-14-26(15-13-23)16-19-8-5-7-18-6-1-2-9-20(18)19/h1-11,25H,12-17H2,(H-,24,27,28). The van der Waals surface area contributed by atoms with E-state index in [9.17, 15) is 8.76 Å². The molecule has 29 heavy (non-hydrogen) atoms. The summed E-state index contributed by atoms with van der Waals surface area (Å²) in [5, 5.41) is 6.16. The molecule has 0 saturated carbocycles. The highest BCUT2D eigenvalue weighted by Gasteiger charge is 2.41. The molecule has 2 aliphatic rings. The zero-order valence-electron chi connectivity index (χ0n) is 16.3. The summed E-state index contributed by atoms with van der Waals surface area (Å²) in [6.45, 7) is 3.20. The van der Waals surface area contributed by atoms with Crippen molar-refractivity contribution in [3.63, 3.8) is 0 Å². The van der Waals surface area contributed by atoms with Crippen molar-refractivity contribution in [1.82, 2.24) is 9.62 Å². The van der Waals surface area contributed by atoms with Gasteiger partial charge in [0.2, 0.25) is 0 Å². The van der Waals surface area contributed by atoms with Crippen molar-refractivity contribution in [2.45, 2.75) is 29.8 Å². The number of benzene rings is 3. The first-order valence-corrected chi connectivity index (χ1v) is 11.6. The van der Waals surface area contributed by atoms with Crippen LogP contribution < -0.4 is 10.0 Å². The van der Waals surface area contributed by atoms with Crippen LogP contribution in [0.3, 0.4) is 0 Å².